The van der Waals surface area contributed by atoms with E-state index in [0.717, 1.165) is 0 Å². The molecule has 9 heteroatoms. The number of aliphatic carboxylic acids is 1. The number of thiazole rings is 1. The van der Waals surface area contributed by atoms with Crippen LogP contribution in [0.5, 0.6) is 0 Å². The maximum absolute atomic E-state index is 11.9. The Morgan fingerprint density at radius 1 is 1.48 bits per heavy atom. The Morgan fingerprint density at radius 2 is 2.14 bits per heavy atom. The molecule has 8 nitrogen and oxygen atoms in total. The van der Waals surface area contributed by atoms with Gasteiger partial charge in [0.1, 0.15) is 11.0 Å². The second kappa shape index (κ2) is 7.02. The Bertz CT molecular complexity index is 515. The first kappa shape index (κ1) is 16.9. The van der Waals surface area contributed by atoms with E-state index in [0.29, 0.717) is 5.01 Å². The number of carboxylic acid groups (broad SMARTS) is 1. The molecule has 1 heterocycles. The average molecular weight is 314 g/mol. The molecule has 0 spiro atoms. The minimum Gasteiger partial charge on any atom is -0.480 e. The summed E-state index contributed by atoms with van der Waals surface area (Å²) in [6.07, 6.45) is 1.44. The first-order valence-corrected chi connectivity index (χ1v) is 7.10. The SMILES string of the molecule is CC(C)(NC(=O)N[C@@H](CCC(N)=O)C(=O)O)c1nccs1. The van der Waals surface area contributed by atoms with E-state index in [4.69, 9.17) is 10.8 Å². The lowest BCUT2D eigenvalue weighted by molar-refractivity contribution is -0.139. The predicted octanol–water partition coefficient (Wildman–Crippen LogP) is 0.396. The number of nitrogens with one attached hydrogen (secondary N) is 2. The first-order valence-electron chi connectivity index (χ1n) is 6.22. The smallest absolute Gasteiger partial charge is 0.326 e. The molecule has 116 valence electrons. The third-order valence-electron chi connectivity index (χ3n) is 2.68. The number of carbonyl (C=O) groups is 3. The molecule has 5 N–H and O–H groups in total. The van der Waals surface area contributed by atoms with E-state index in [2.05, 4.69) is 15.6 Å². The minimum atomic E-state index is -1.22. The van der Waals surface area contributed by atoms with Gasteiger partial charge in [0.05, 0.1) is 5.54 Å². The van der Waals surface area contributed by atoms with Crippen LogP contribution >= 0.6 is 11.3 Å². The maximum Gasteiger partial charge on any atom is 0.326 e. The van der Waals surface area contributed by atoms with Gasteiger partial charge in [0.25, 0.3) is 0 Å². The van der Waals surface area contributed by atoms with E-state index in [-0.39, 0.29) is 12.8 Å². The highest BCUT2D eigenvalue weighted by Crippen LogP contribution is 2.21. The summed E-state index contributed by atoms with van der Waals surface area (Å²) in [6.45, 7) is 3.51. The molecule has 0 fully saturated rings. The van der Waals surface area contributed by atoms with Crippen molar-refractivity contribution in [2.75, 3.05) is 0 Å². The molecule has 1 rings (SSSR count). The monoisotopic (exact) mass is 314 g/mol. The van der Waals surface area contributed by atoms with Crippen LogP contribution in [0.15, 0.2) is 11.6 Å². The minimum absolute atomic E-state index is 0.0598. The van der Waals surface area contributed by atoms with Gasteiger partial charge in [-0.1, -0.05) is 0 Å². The topological polar surface area (TPSA) is 134 Å². The van der Waals surface area contributed by atoms with Gasteiger partial charge >= 0.3 is 12.0 Å². The predicted molar refractivity (Wildman–Crippen MR) is 76.7 cm³/mol. The zero-order valence-electron chi connectivity index (χ0n) is 11.8. The van der Waals surface area contributed by atoms with Crippen LogP contribution in [0.2, 0.25) is 0 Å². The van der Waals surface area contributed by atoms with Gasteiger partial charge in [-0.05, 0) is 20.3 Å². The fourth-order valence-electron chi connectivity index (χ4n) is 1.61. The maximum atomic E-state index is 11.9. The Hall–Kier alpha value is -2.16. The fourth-order valence-corrected chi connectivity index (χ4v) is 2.33. The lowest BCUT2D eigenvalue weighted by atomic mass is 10.1. The van der Waals surface area contributed by atoms with Crippen molar-refractivity contribution < 1.29 is 19.5 Å². The van der Waals surface area contributed by atoms with E-state index < -0.39 is 29.5 Å². The molecule has 0 bridgehead atoms. The van der Waals surface area contributed by atoms with E-state index in [1.807, 2.05) is 0 Å². The summed E-state index contributed by atoms with van der Waals surface area (Å²) in [7, 11) is 0. The van der Waals surface area contributed by atoms with Crippen LogP contribution in [0.3, 0.4) is 0 Å². The van der Waals surface area contributed by atoms with Crippen molar-refractivity contribution >= 4 is 29.2 Å². The van der Waals surface area contributed by atoms with E-state index >= 15 is 0 Å². The fraction of sp³-hybridized carbons (Fsp3) is 0.500. The van der Waals surface area contributed by atoms with Crippen molar-refractivity contribution in [3.05, 3.63) is 16.6 Å². The van der Waals surface area contributed by atoms with Crippen LogP contribution in [0.25, 0.3) is 0 Å². The molecular weight excluding hydrogens is 296 g/mol. The normalized spacial score (nSPS) is 12.5. The van der Waals surface area contributed by atoms with E-state index in [1.165, 1.54) is 11.3 Å². The molecule has 1 aromatic rings. The Balaban J connectivity index is 2.61. The van der Waals surface area contributed by atoms with Crippen LogP contribution in [-0.4, -0.2) is 34.0 Å². The van der Waals surface area contributed by atoms with E-state index in [9.17, 15) is 14.4 Å². The van der Waals surface area contributed by atoms with Gasteiger partial charge in [-0.2, -0.15) is 0 Å². The number of nitrogens with zero attached hydrogens (tertiary/aromatic N) is 1. The highest BCUT2D eigenvalue weighted by atomic mass is 32.1. The first-order chi connectivity index (χ1) is 9.72. The summed E-state index contributed by atoms with van der Waals surface area (Å²) in [4.78, 5) is 37.7. The highest BCUT2D eigenvalue weighted by molar-refractivity contribution is 7.09. The number of rotatable bonds is 7. The second-order valence-corrected chi connectivity index (χ2v) is 5.85. The molecule has 0 aromatic carbocycles. The van der Waals surface area contributed by atoms with Gasteiger partial charge in [-0.25, -0.2) is 14.6 Å². The molecular formula is C12H18N4O4S. The molecule has 0 unspecified atom stereocenters. The van der Waals surface area contributed by atoms with Crippen molar-refractivity contribution in [1.82, 2.24) is 15.6 Å². The zero-order chi connectivity index (χ0) is 16.0. The van der Waals surface area contributed by atoms with Crippen molar-refractivity contribution in [3.63, 3.8) is 0 Å². The quantitative estimate of drug-likeness (QED) is 0.577. The van der Waals surface area contributed by atoms with Gasteiger partial charge in [-0.15, -0.1) is 11.3 Å². The van der Waals surface area contributed by atoms with Gasteiger partial charge in [-0.3, -0.25) is 4.79 Å². The Kier molecular flexibility index (Phi) is 5.65. The summed E-state index contributed by atoms with van der Waals surface area (Å²) in [5.41, 5.74) is 4.24. The molecule has 0 aliphatic carbocycles. The van der Waals surface area contributed by atoms with Crippen molar-refractivity contribution in [2.45, 2.75) is 38.3 Å². The van der Waals surface area contributed by atoms with Crippen LogP contribution in [0.1, 0.15) is 31.7 Å². The lowest BCUT2D eigenvalue weighted by Crippen LogP contribution is -2.51. The molecule has 1 aromatic heterocycles. The van der Waals surface area contributed by atoms with Crippen molar-refractivity contribution in [2.24, 2.45) is 5.73 Å². The standard InChI is InChI=1S/C12H18N4O4S/c1-12(2,10-14-5-6-21-10)16-11(20)15-7(9(18)19)3-4-8(13)17/h5-7H,3-4H2,1-2H3,(H2,13,17)(H,18,19)(H2,15,16,20)/t7-/m0/s1. The number of hydrogen-bond acceptors (Lipinski definition) is 5. The van der Waals surface area contributed by atoms with Crippen LogP contribution in [0, 0.1) is 0 Å². The number of urea groups is 1. The Morgan fingerprint density at radius 3 is 2.62 bits per heavy atom. The average Bonchev–Trinajstić information content (AvgIpc) is 2.87. The molecule has 0 aliphatic rings. The summed E-state index contributed by atoms with van der Waals surface area (Å²) in [5, 5.41) is 16.4. The van der Waals surface area contributed by atoms with Gasteiger partial charge < -0.3 is 21.5 Å². The molecule has 3 amide bonds. The third kappa shape index (κ3) is 5.38. The number of amides is 3. The summed E-state index contributed by atoms with van der Waals surface area (Å²) < 4.78 is 0. The van der Waals surface area contributed by atoms with Gasteiger partial charge in [0.15, 0.2) is 0 Å². The molecule has 21 heavy (non-hydrogen) atoms. The Labute approximate surface area is 125 Å². The molecule has 0 radical (unpaired) electrons. The number of aromatic nitrogens is 1. The van der Waals surface area contributed by atoms with Crippen molar-refractivity contribution in [1.29, 1.82) is 0 Å². The van der Waals surface area contributed by atoms with Crippen LogP contribution in [-0.2, 0) is 15.1 Å². The van der Waals surface area contributed by atoms with E-state index in [1.54, 1.807) is 25.4 Å². The van der Waals surface area contributed by atoms with Gasteiger partial charge in [0.2, 0.25) is 5.91 Å². The number of hydrogen-bond donors (Lipinski definition) is 4. The molecule has 0 aliphatic heterocycles. The third-order valence-corrected chi connectivity index (χ3v) is 3.77. The largest absolute Gasteiger partial charge is 0.480 e. The zero-order valence-corrected chi connectivity index (χ0v) is 12.6. The molecule has 0 saturated heterocycles. The molecule has 1 atom stereocenters. The summed E-state index contributed by atoms with van der Waals surface area (Å²) in [5.74, 6) is -1.84. The number of nitrogens with two attached hydrogens (primary N) is 1. The number of carbonyl (C=O) groups excluding carboxylic acids is 2. The van der Waals surface area contributed by atoms with Crippen LogP contribution in [0.4, 0.5) is 4.79 Å². The summed E-state index contributed by atoms with van der Waals surface area (Å²) >= 11 is 1.38. The van der Waals surface area contributed by atoms with Gasteiger partial charge in [0, 0.05) is 18.0 Å². The number of carboxylic acids is 1. The number of primary amides is 1. The second-order valence-electron chi connectivity index (χ2n) is 4.96. The lowest BCUT2D eigenvalue weighted by Gasteiger charge is -2.25. The molecule has 0 saturated carbocycles. The summed E-state index contributed by atoms with van der Waals surface area (Å²) in [6, 6.07) is -1.82. The van der Waals surface area contributed by atoms with Crippen molar-refractivity contribution in [3.8, 4) is 0 Å². The van der Waals surface area contributed by atoms with Crippen LogP contribution < -0.4 is 16.4 Å². The highest BCUT2D eigenvalue weighted by Gasteiger charge is 2.28.